The molecule has 3 unspecified atom stereocenters. The summed E-state index contributed by atoms with van der Waals surface area (Å²) in [5.41, 5.74) is -0.309. The molecule has 13 atom stereocenters. The van der Waals surface area contributed by atoms with Crippen molar-refractivity contribution in [3.05, 3.63) is 0 Å². The SMILES string of the molecule is C[C@H](CC[C@@H](O)[C@@H](CO)COS(=O)(=O)O)[C@H]1CCC2C3C(C[C@H](O)[C@@]21C)[C@@]1(C)CC[C@@H](O)C[C@H]1C[C@H]3O. The Kier molecular flexibility index (Phi) is 8.75. The molecule has 0 radical (unpaired) electrons. The molecule has 0 spiro atoms. The van der Waals surface area contributed by atoms with E-state index in [9.17, 15) is 34.0 Å². The van der Waals surface area contributed by atoms with Gasteiger partial charge in [0.1, 0.15) is 0 Å². The molecule has 0 amide bonds. The lowest BCUT2D eigenvalue weighted by atomic mass is 9.43. The van der Waals surface area contributed by atoms with Gasteiger partial charge < -0.3 is 25.5 Å². The molecule has 4 fully saturated rings. The summed E-state index contributed by atoms with van der Waals surface area (Å²) in [7, 11) is -4.65. The highest BCUT2D eigenvalue weighted by Gasteiger charge is 2.65. The Morgan fingerprint density at radius 3 is 2.35 bits per heavy atom. The van der Waals surface area contributed by atoms with Gasteiger partial charge in [0.25, 0.3) is 0 Å². The van der Waals surface area contributed by atoms with Crippen molar-refractivity contribution in [3.8, 4) is 0 Å². The zero-order chi connectivity index (χ0) is 27.3. The molecule has 0 aromatic carbocycles. The molecule has 0 bridgehead atoms. The smallest absolute Gasteiger partial charge is 0.396 e. The van der Waals surface area contributed by atoms with Crippen LogP contribution in [0.25, 0.3) is 0 Å². The summed E-state index contributed by atoms with van der Waals surface area (Å²) in [4.78, 5) is 0. The third-order valence-corrected chi connectivity index (χ3v) is 12.1. The fourth-order valence-electron chi connectivity index (χ4n) is 9.46. The van der Waals surface area contributed by atoms with E-state index in [-0.39, 0.29) is 52.4 Å². The molecular weight excluding hydrogens is 500 g/mol. The first-order chi connectivity index (χ1) is 17.2. The highest BCUT2D eigenvalue weighted by molar-refractivity contribution is 7.80. The van der Waals surface area contributed by atoms with Gasteiger partial charge in [-0.2, -0.15) is 8.42 Å². The third-order valence-electron chi connectivity index (χ3n) is 11.6. The van der Waals surface area contributed by atoms with Gasteiger partial charge in [-0.05, 0) is 104 Å². The molecule has 0 aromatic rings. The van der Waals surface area contributed by atoms with E-state index in [0.29, 0.717) is 19.3 Å². The molecule has 4 rings (SSSR count). The first-order valence-corrected chi connectivity index (χ1v) is 15.5. The van der Waals surface area contributed by atoms with Crippen molar-refractivity contribution in [2.24, 2.45) is 52.3 Å². The van der Waals surface area contributed by atoms with Crippen molar-refractivity contribution in [1.29, 1.82) is 0 Å². The summed E-state index contributed by atoms with van der Waals surface area (Å²) in [5.74, 6) is 0.439. The Bertz CT molecular complexity index is 898. The van der Waals surface area contributed by atoms with Crippen molar-refractivity contribution in [2.45, 2.75) is 103 Å². The van der Waals surface area contributed by atoms with E-state index < -0.39 is 47.8 Å². The second-order valence-corrected chi connectivity index (χ2v) is 14.4. The van der Waals surface area contributed by atoms with Crippen LogP contribution in [0, 0.1) is 52.3 Å². The number of fused-ring (bicyclic) bond motifs is 5. The second kappa shape index (κ2) is 10.9. The van der Waals surface area contributed by atoms with Gasteiger partial charge in [-0.1, -0.05) is 20.8 Å². The molecule has 4 aliphatic carbocycles. The Hall–Kier alpha value is -0.330. The summed E-state index contributed by atoms with van der Waals surface area (Å²) in [6.07, 6.45) is 4.54. The number of hydrogen-bond donors (Lipinski definition) is 6. The van der Waals surface area contributed by atoms with Crippen LogP contribution in [-0.2, 0) is 14.6 Å². The maximum Gasteiger partial charge on any atom is 0.397 e. The van der Waals surface area contributed by atoms with Crippen LogP contribution in [0.5, 0.6) is 0 Å². The molecule has 0 saturated heterocycles. The summed E-state index contributed by atoms with van der Waals surface area (Å²) < 4.78 is 34.9. The lowest BCUT2D eigenvalue weighted by Crippen LogP contribution is -2.62. The van der Waals surface area contributed by atoms with Gasteiger partial charge in [-0.15, -0.1) is 0 Å². The van der Waals surface area contributed by atoms with Crippen LogP contribution >= 0.6 is 0 Å². The fraction of sp³-hybridized carbons (Fsp3) is 1.00. The molecule has 6 N–H and O–H groups in total. The minimum Gasteiger partial charge on any atom is -0.396 e. The van der Waals surface area contributed by atoms with Gasteiger partial charge in [-0.25, -0.2) is 4.18 Å². The van der Waals surface area contributed by atoms with Crippen LogP contribution in [0.4, 0.5) is 0 Å². The minimum absolute atomic E-state index is 0.0304. The van der Waals surface area contributed by atoms with E-state index in [1.54, 1.807) is 0 Å². The first-order valence-electron chi connectivity index (χ1n) is 14.2. The topological polar surface area (TPSA) is 165 Å². The number of rotatable bonds is 9. The monoisotopic (exact) mass is 548 g/mol. The van der Waals surface area contributed by atoms with Crippen LogP contribution < -0.4 is 0 Å². The lowest BCUT2D eigenvalue weighted by Gasteiger charge is -2.63. The predicted octanol–water partition coefficient (Wildman–Crippen LogP) is 2.15. The molecule has 0 heterocycles. The van der Waals surface area contributed by atoms with Crippen LogP contribution in [0.2, 0.25) is 0 Å². The maximum absolute atomic E-state index is 11.7. The maximum atomic E-state index is 11.7. The average Bonchev–Trinajstić information content (AvgIpc) is 3.17. The quantitative estimate of drug-likeness (QED) is 0.237. The molecule has 9 nitrogen and oxygen atoms in total. The molecule has 0 aromatic heterocycles. The minimum atomic E-state index is -4.65. The molecule has 10 heteroatoms. The third kappa shape index (κ3) is 5.51. The summed E-state index contributed by atoms with van der Waals surface area (Å²) in [6, 6.07) is 0. The normalized spacial score (nSPS) is 46.4. The molecule has 4 saturated carbocycles. The second-order valence-electron chi connectivity index (χ2n) is 13.3. The van der Waals surface area contributed by atoms with Crippen LogP contribution in [0.15, 0.2) is 0 Å². The van der Waals surface area contributed by atoms with Gasteiger partial charge >= 0.3 is 10.4 Å². The number of aliphatic hydroxyl groups is 5. The van der Waals surface area contributed by atoms with Gasteiger partial charge in [-0.3, -0.25) is 4.55 Å². The van der Waals surface area contributed by atoms with Crippen molar-refractivity contribution >= 4 is 10.4 Å². The zero-order valence-electron chi connectivity index (χ0n) is 22.4. The fourth-order valence-corrected chi connectivity index (χ4v) is 9.81. The largest absolute Gasteiger partial charge is 0.397 e. The van der Waals surface area contributed by atoms with Crippen LogP contribution in [0.1, 0.15) is 78.6 Å². The van der Waals surface area contributed by atoms with Crippen LogP contribution in [-0.4, -0.2) is 76.1 Å². The Morgan fingerprint density at radius 1 is 1.00 bits per heavy atom. The molecule has 216 valence electrons. The van der Waals surface area contributed by atoms with E-state index in [1.165, 1.54) is 0 Å². The van der Waals surface area contributed by atoms with Crippen LogP contribution in [0.3, 0.4) is 0 Å². The van der Waals surface area contributed by atoms with Gasteiger partial charge in [0, 0.05) is 5.92 Å². The zero-order valence-corrected chi connectivity index (χ0v) is 23.3. The summed E-state index contributed by atoms with van der Waals surface area (Å²) in [5, 5.41) is 53.5. The van der Waals surface area contributed by atoms with Gasteiger partial charge in [0.05, 0.1) is 37.6 Å². The van der Waals surface area contributed by atoms with Crippen molar-refractivity contribution < 1.29 is 42.7 Å². The molecular formula is C27H48O9S. The van der Waals surface area contributed by atoms with E-state index in [4.69, 9.17) is 4.55 Å². The Balaban J connectivity index is 1.45. The van der Waals surface area contributed by atoms with Gasteiger partial charge in [0.2, 0.25) is 0 Å². The Labute approximate surface area is 221 Å². The Morgan fingerprint density at radius 2 is 1.70 bits per heavy atom. The average molecular weight is 549 g/mol. The van der Waals surface area contributed by atoms with Crippen molar-refractivity contribution in [2.75, 3.05) is 13.2 Å². The molecule has 4 aliphatic rings. The van der Waals surface area contributed by atoms with E-state index in [1.807, 2.05) is 0 Å². The van der Waals surface area contributed by atoms with E-state index in [0.717, 1.165) is 38.5 Å². The van der Waals surface area contributed by atoms with Gasteiger partial charge in [0.15, 0.2) is 0 Å². The standard InChI is InChI=1S/C27H48O9S/c1-15(4-7-22(30)16(13-28)14-36-37(33,34)35)19-5-6-20-25-21(12-24(32)27(19,20)3)26(2)9-8-18(29)10-17(26)11-23(25)31/h15-25,28-32H,4-14H2,1-3H3,(H,33,34,35)/t15-,16+,17+,18-,19-,20?,21?,22-,23-,24+,25?,26+,27-/m1/s1. The van der Waals surface area contributed by atoms with Crippen molar-refractivity contribution in [1.82, 2.24) is 0 Å². The van der Waals surface area contributed by atoms with E-state index in [2.05, 4.69) is 25.0 Å². The highest BCUT2D eigenvalue weighted by Crippen LogP contribution is 2.68. The van der Waals surface area contributed by atoms with E-state index >= 15 is 0 Å². The predicted molar refractivity (Wildman–Crippen MR) is 136 cm³/mol. The highest BCUT2D eigenvalue weighted by atomic mass is 32.3. The first kappa shape index (κ1) is 29.6. The summed E-state index contributed by atoms with van der Waals surface area (Å²) in [6.45, 7) is 5.67. The summed E-state index contributed by atoms with van der Waals surface area (Å²) >= 11 is 0. The lowest BCUT2D eigenvalue weighted by molar-refractivity contribution is -0.207. The molecule has 0 aliphatic heterocycles. The molecule has 37 heavy (non-hydrogen) atoms. The number of hydrogen-bond acceptors (Lipinski definition) is 8. The number of aliphatic hydroxyl groups excluding tert-OH is 5. The van der Waals surface area contributed by atoms with Crippen molar-refractivity contribution in [3.63, 3.8) is 0 Å².